The Labute approximate surface area is 191 Å². The number of amides is 4. The molecule has 168 valence electrons. The molecular formula is C25H24N4O4. The third-order valence-corrected chi connectivity index (χ3v) is 5.33. The van der Waals surface area contributed by atoms with Gasteiger partial charge in [-0.1, -0.05) is 17.7 Å². The summed E-state index contributed by atoms with van der Waals surface area (Å²) in [4.78, 5) is 38.5. The van der Waals surface area contributed by atoms with Gasteiger partial charge in [-0.15, -0.1) is 0 Å². The highest BCUT2D eigenvalue weighted by molar-refractivity contribution is 6.15. The molecule has 8 heteroatoms. The van der Waals surface area contributed by atoms with Gasteiger partial charge in [0.05, 0.1) is 7.11 Å². The van der Waals surface area contributed by atoms with Gasteiger partial charge in [0.2, 0.25) is 5.91 Å². The Morgan fingerprint density at radius 2 is 1.70 bits per heavy atom. The van der Waals surface area contributed by atoms with Gasteiger partial charge in [-0.05, 0) is 68.5 Å². The first kappa shape index (κ1) is 21.9. The van der Waals surface area contributed by atoms with E-state index in [1.54, 1.807) is 25.3 Å². The van der Waals surface area contributed by atoms with E-state index in [9.17, 15) is 14.4 Å². The molecule has 33 heavy (non-hydrogen) atoms. The summed E-state index contributed by atoms with van der Waals surface area (Å²) < 4.78 is 7.17. The highest BCUT2D eigenvalue weighted by Gasteiger charge is 2.35. The van der Waals surface area contributed by atoms with Crippen LogP contribution in [-0.2, 0) is 9.59 Å². The van der Waals surface area contributed by atoms with Gasteiger partial charge in [0, 0.05) is 22.8 Å². The Kier molecular flexibility index (Phi) is 5.99. The van der Waals surface area contributed by atoms with Gasteiger partial charge in [-0.2, -0.15) is 0 Å². The van der Waals surface area contributed by atoms with Crippen LogP contribution >= 0.6 is 0 Å². The van der Waals surface area contributed by atoms with E-state index in [0.717, 1.165) is 27.6 Å². The van der Waals surface area contributed by atoms with Crippen LogP contribution in [0.15, 0.2) is 66.4 Å². The fraction of sp³-hybridized carbons (Fsp3) is 0.160. The monoisotopic (exact) mass is 444 g/mol. The van der Waals surface area contributed by atoms with Crippen molar-refractivity contribution in [2.24, 2.45) is 0 Å². The lowest BCUT2D eigenvalue weighted by Crippen LogP contribution is -2.38. The predicted octanol–water partition coefficient (Wildman–Crippen LogP) is 3.63. The third kappa shape index (κ3) is 4.64. The number of carbonyl (C=O) groups is 3. The van der Waals surface area contributed by atoms with E-state index in [1.165, 1.54) is 0 Å². The molecule has 0 radical (unpaired) electrons. The zero-order valence-corrected chi connectivity index (χ0v) is 18.6. The van der Waals surface area contributed by atoms with Gasteiger partial charge < -0.3 is 19.9 Å². The molecule has 0 atom stereocenters. The van der Waals surface area contributed by atoms with Crippen molar-refractivity contribution < 1.29 is 19.1 Å². The largest absolute Gasteiger partial charge is 0.497 e. The number of aryl methyl sites for hydroxylation is 2. The molecule has 2 heterocycles. The van der Waals surface area contributed by atoms with E-state index in [0.29, 0.717) is 11.4 Å². The second kappa shape index (κ2) is 9.04. The molecule has 1 fully saturated rings. The first-order valence-electron chi connectivity index (χ1n) is 10.4. The zero-order chi connectivity index (χ0) is 23.5. The minimum atomic E-state index is -0.635. The molecule has 1 aromatic heterocycles. The molecule has 1 saturated heterocycles. The SMILES string of the molecule is COc1ccc(-n2c(C)ccc2/C=C2\NC(=O)N(CC(=O)Nc3ccc(C)cc3)C2=O)cc1. The third-order valence-electron chi connectivity index (χ3n) is 5.33. The number of carbonyl (C=O) groups excluding carboxylic acids is 3. The lowest BCUT2D eigenvalue weighted by Gasteiger charge is -2.12. The smallest absolute Gasteiger partial charge is 0.329 e. The number of ether oxygens (including phenoxy) is 1. The van der Waals surface area contributed by atoms with Crippen molar-refractivity contribution in [2.45, 2.75) is 13.8 Å². The van der Waals surface area contributed by atoms with Crippen LogP contribution in [0.2, 0.25) is 0 Å². The number of nitrogens with one attached hydrogen (secondary N) is 2. The van der Waals surface area contributed by atoms with Crippen molar-refractivity contribution in [3.05, 3.63) is 83.3 Å². The lowest BCUT2D eigenvalue weighted by molar-refractivity contribution is -0.127. The summed E-state index contributed by atoms with van der Waals surface area (Å²) in [6.45, 7) is 3.51. The summed E-state index contributed by atoms with van der Waals surface area (Å²) in [5, 5.41) is 5.27. The highest BCUT2D eigenvalue weighted by atomic mass is 16.5. The standard InChI is InChI=1S/C25H24N4O4/c1-16-4-7-18(8-5-16)26-23(30)15-28-24(31)22(27-25(28)32)14-20-9-6-17(2)29(20)19-10-12-21(33-3)13-11-19/h4-14H,15H2,1-3H3,(H,26,30)(H,27,32)/b22-14-. The molecule has 4 rings (SSSR count). The first-order chi connectivity index (χ1) is 15.9. The fourth-order valence-corrected chi connectivity index (χ4v) is 3.60. The molecule has 1 aliphatic rings. The molecule has 0 spiro atoms. The van der Waals surface area contributed by atoms with Gasteiger partial charge in [-0.25, -0.2) is 9.69 Å². The van der Waals surface area contributed by atoms with Gasteiger partial charge in [-0.3, -0.25) is 9.59 Å². The Bertz CT molecular complexity index is 1240. The molecule has 1 aliphatic heterocycles. The van der Waals surface area contributed by atoms with Crippen molar-refractivity contribution in [1.82, 2.24) is 14.8 Å². The fourth-order valence-electron chi connectivity index (χ4n) is 3.60. The molecule has 0 aliphatic carbocycles. The van der Waals surface area contributed by atoms with E-state index in [-0.39, 0.29) is 12.2 Å². The Balaban J connectivity index is 1.52. The maximum absolute atomic E-state index is 12.9. The summed E-state index contributed by atoms with van der Waals surface area (Å²) in [6, 6.07) is 17.9. The average Bonchev–Trinajstić information content (AvgIpc) is 3.29. The molecule has 2 N–H and O–H groups in total. The molecule has 3 aromatic rings. The second-order valence-electron chi connectivity index (χ2n) is 7.73. The van der Waals surface area contributed by atoms with E-state index in [4.69, 9.17) is 4.74 Å². The van der Waals surface area contributed by atoms with Crippen LogP contribution in [0, 0.1) is 13.8 Å². The number of benzene rings is 2. The summed E-state index contributed by atoms with van der Waals surface area (Å²) in [5.74, 6) is -0.276. The van der Waals surface area contributed by atoms with Crippen molar-refractivity contribution >= 4 is 29.6 Å². The molecule has 2 aromatic carbocycles. The van der Waals surface area contributed by atoms with Gasteiger partial charge in [0.1, 0.15) is 18.0 Å². The number of anilines is 1. The minimum absolute atomic E-state index is 0.107. The topological polar surface area (TPSA) is 92.7 Å². The lowest BCUT2D eigenvalue weighted by atomic mass is 10.2. The molecule has 0 saturated carbocycles. The van der Waals surface area contributed by atoms with Crippen molar-refractivity contribution in [3.63, 3.8) is 0 Å². The van der Waals surface area contributed by atoms with Crippen LogP contribution < -0.4 is 15.4 Å². The van der Waals surface area contributed by atoms with Crippen LogP contribution in [0.4, 0.5) is 10.5 Å². The van der Waals surface area contributed by atoms with Crippen molar-refractivity contribution in [3.8, 4) is 11.4 Å². The number of methoxy groups -OCH3 is 1. The average molecular weight is 444 g/mol. The molecule has 8 nitrogen and oxygen atoms in total. The number of hydrogen-bond acceptors (Lipinski definition) is 4. The summed E-state index contributed by atoms with van der Waals surface area (Å²) in [6.07, 6.45) is 1.61. The van der Waals surface area contributed by atoms with Gasteiger partial charge in [0.15, 0.2) is 0 Å². The minimum Gasteiger partial charge on any atom is -0.497 e. The van der Waals surface area contributed by atoms with E-state index >= 15 is 0 Å². The molecular weight excluding hydrogens is 420 g/mol. The number of aromatic nitrogens is 1. The maximum atomic E-state index is 12.9. The predicted molar refractivity (Wildman–Crippen MR) is 125 cm³/mol. The number of urea groups is 1. The molecule has 0 bridgehead atoms. The van der Waals surface area contributed by atoms with Crippen LogP contribution in [0.1, 0.15) is 17.0 Å². The maximum Gasteiger partial charge on any atom is 0.329 e. The van der Waals surface area contributed by atoms with Crippen molar-refractivity contribution in [1.29, 1.82) is 0 Å². The highest BCUT2D eigenvalue weighted by Crippen LogP contribution is 2.23. The Morgan fingerprint density at radius 1 is 1.00 bits per heavy atom. The van der Waals surface area contributed by atoms with Crippen LogP contribution in [-0.4, -0.2) is 41.0 Å². The summed E-state index contributed by atoms with van der Waals surface area (Å²) in [7, 11) is 1.60. The van der Waals surface area contributed by atoms with Crippen LogP contribution in [0.5, 0.6) is 5.75 Å². The Hall–Kier alpha value is -4.33. The zero-order valence-electron chi connectivity index (χ0n) is 18.6. The molecule has 0 unspecified atom stereocenters. The molecule has 4 amide bonds. The van der Waals surface area contributed by atoms with Crippen LogP contribution in [0.25, 0.3) is 11.8 Å². The normalized spacial score (nSPS) is 14.5. The Morgan fingerprint density at radius 3 is 2.36 bits per heavy atom. The number of imide groups is 1. The van der Waals surface area contributed by atoms with Gasteiger partial charge in [0.25, 0.3) is 5.91 Å². The quantitative estimate of drug-likeness (QED) is 0.449. The van der Waals surface area contributed by atoms with E-state index < -0.39 is 17.8 Å². The first-order valence-corrected chi connectivity index (χ1v) is 10.4. The number of nitrogens with zero attached hydrogens (tertiary/aromatic N) is 2. The number of rotatable bonds is 6. The second-order valence-corrected chi connectivity index (χ2v) is 7.73. The summed E-state index contributed by atoms with van der Waals surface area (Å²) in [5.41, 5.74) is 4.32. The summed E-state index contributed by atoms with van der Waals surface area (Å²) >= 11 is 0. The van der Waals surface area contributed by atoms with E-state index in [1.807, 2.05) is 66.9 Å². The van der Waals surface area contributed by atoms with Crippen molar-refractivity contribution in [2.75, 3.05) is 19.0 Å². The number of hydrogen-bond donors (Lipinski definition) is 2. The van der Waals surface area contributed by atoms with E-state index in [2.05, 4.69) is 10.6 Å². The van der Waals surface area contributed by atoms with Gasteiger partial charge >= 0.3 is 6.03 Å². The van der Waals surface area contributed by atoms with Crippen LogP contribution in [0.3, 0.4) is 0 Å².